The van der Waals surface area contributed by atoms with Gasteiger partial charge in [0.15, 0.2) is 0 Å². The minimum atomic E-state index is 0.626. The van der Waals surface area contributed by atoms with E-state index in [1.807, 2.05) is 18.3 Å². The van der Waals surface area contributed by atoms with Crippen molar-refractivity contribution in [3.63, 3.8) is 0 Å². The van der Waals surface area contributed by atoms with Gasteiger partial charge in [0.1, 0.15) is 5.01 Å². The maximum atomic E-state index is 6.11. The Morgan fingerprint density at radius 1 is 1.31 bits per heavy atom. The van der Waals surface area contributed by atoms with E-state index < -0.39 is 0 Å². The van der Waals surface area contributed by atoms with E-state index in [0.29, 0.717) is 16.6 Å². The zero-order valence-electron chi connectivity index (χ0n) is 8.41. The van der Waals surface area contributed by atoms with Crippen LogP contribution in [0.5, 0.6) is 0 Å². The lowest BCUT2D eigenvalue weighted by Gasteiger charge is -2.00. The molecule has 84 valence electrons. The third-order valence-electron chi connectivity index (χ3n) is 2.11. The first kappa shape index (κ1) is 11.9. The summed E-state index contributed by atoms with van der Waals surface area (Å²) in [6.45, 7) is 0.635. The van der Waals surface area contributed by atoms with Crippen molar-refractivity contribution in [2.75, 3.05) is 6.54 Å². The Hall–Kier alpha value is -0.610. The van der Waals surface area contributed by atoms with Crippen molar-refractivity contribution in [2.45, 2.75) is 6.42 Å². The molecule has 0 bridgehead atoms. The normalized spacial score (nSPS) is 10.7. The molecule has 2 nitrogen and oxygen atoms in total. The van der Waals surface area contributed by atoms with Crippen LogP contribution in [-0.4, -0.2) is 11.5 Å². The van der Waals surface area contributed by atoms with Crippen LogP contribution in [0.15, 0.2) is 24.4 Å². The molecule has 0 unspecified atom stereocenters. The zero-order chi connectivity index (χ0) is 11.5. The molecule has 0 fully saturated rings. The van der Waals surface area contributed by atoms with Crippen LogP contribution in [0.25, 0.3) is 10.6 Å². The van der Waals surface area contributed by atoms with Gasteiger partial charge in [0.05, 0.1) is 5.02 Å². The van der Waals surface area contributed by atoms with E-state index in [4.69, 9.17) is 28.9 Å². The monoisotopic (exact) mass is 272 g/mol. The van der Waals surface area contributed by atoms with Gasteiger partial charge in [-0.2, -0.15) is 0 Å². The Bertz CT molecular complexity index is 496. The van der Waals surface area contributed by atoms with E-state index >= 15 is 0 Å². The molecule has 1 aromatic carbocycles. The van der Waals surface area contributed by atoms with Crippen LogP contribution in [-0.2, 0) is 6.42 Å². The number of aromatic nitrogens is 1. The molecule has 1 heterocycles. The van der Waals surface area contributed by atoms with Crippen molar-refractivity contribution in [1.82, 2.24) is 4.98 Å². The summed E-state index contributed by atoms with van der Waals surface area (Å²) in [5.41, 5.74) is 6.41. The minimum absolute atomic E-state index is 0.626. The SMILES string of the molecule is NCCc1cnc(-c2ccc(Cl)cc2Cl)s1. The summed E-state index contributed by atoms with van der Waals surface area (Å²) >= 11 is 13.6. The van der Waals surface area contributed by atoms with Crippen LogP contribution >= 0.6 is 34.5 Å². The Balaban J connectivity index is 2.35. The molecule has 0 amide bonds. The maximum absolute atomic E-state index is 6.11. The first-order chi connectivity index (χ1) is 7.70. The van der Waals surface area contributed by atoms with Gasteiger partial charge in [-0.05, 0) is 31.2 Å². The molecular weight excluding hydrogens is 263 g/mol. The smallest absolute Gasteiger partial charge is 0.125 e. The predicted octanol–water partition coefficient (Wildman–Crippen LogP) is 3.62. The van der Waals surface area contributed by atoms with Crippen molar-refractivity contribution in [2.24, 2.45) is 5.73 Å². The van der Waals surface area contributed by atoms with Crippen molar-refractivity contribution in [1.29, 1.82) is 0 Å². The summed E-state index contributed by atoms with van der Waals surface area (Å²) in [5, 5.41) is 2.17. The van der Waals surface area contributed by atoms with Crippen molar-refractivity contribution in [3.05, 3.63) is 39.3 Å². The maximum Gasteiger partial charge on any atom is 0.125 e. The fourth-order valence-corrected chi connectivity index (χ4v) is 2.87. The van der Waals surface area contributed by atoms with Crippen LogP contribution in [0.3, 0.4) is 0 Å². The summed E-state index contributed by atoms with van der Waals surface area (Å²) in [6.07, 6.45) is 2.70. The van der Waals surface area contributed by atoms with Crippen LogP contribution in [0.2, 0.25) is 10.0 Å². The number of hydrogen-bond donors (Lipinski definition) is 1. The van der Waals surface area contributed by atoms with Crippen molar-refractivity contribution in [3.8, 4) is 10.6 Å². The van der Waals surface area contributed by atoms with E-state index in [1.54, 1.807) is 17.4 Å². The van der Waals surface area contributed by atoms with Crippen LogP contribution in [0, 0.1) is 0 Å². The molecule has 0 aliphatic rings. The predicted molar refractivity (Wildman–Crippen MR) is 70.3 cm³/mol. The van der Waals surface area contributed by atoms with E-state index in [1.165, 1.54) is 4.88 Å². The third kappa shape index (κ3) is 2.55. The molecule has 2 N–H and O–H groups in total. The minimum Gasteiger partial charge on any atom is -0.330 e. The fourth-order valence-electron chi connectivity index (χ4n) is 1.35. The highest BCUT2D eigenvalue weighted by atomic mass is 35.5. The molecule has 2 aromatic rings. The quantitative estimate of drug-likeness (QED) is 0.927. The van der Waals surface area contributed by atoms with E-state index in [0.717, 1.165) is 17.0 Å². The fraction of sp³-hybridized carbons (Fsp3) is 0.182. The van der Waals surface area contributed by atoms with Crippen molar-refractivity contribution < 1.29 is 0 Å². The Kier molecular flexibility index (Phi) is 3.82. The highest BCUT2D eigenvalue weighted by molar-refractivity contribution is 7.15. The molecule has 1 aromatic heterocycles. The molecule has 0 aliphatic carbocycles. The van der Waals surface area contributed by atoms with Gasteiger partial charge in [-0.1, -0.05) is 23.2 Å². The Morgan fingerprint density at radius 2 is 2.12 bits per heavy atom. The third-order valence-corrected chi connectivity index (χ3v) is 3.74. The standard InChI is InChI=1S/C11H10Cl2N2S/c12-7-1-2-9(10(13)5-7)11-15-6-8(16-11)3-4-14/h1-2,5-6H,3-4,14H2. The van der Waals surface area contributed by atoms with Gasteiger partial charge >= 0.3 is 0 Å². The first-order valence-corrected chi connectivity index (χ1v) is 6.38. The second kappa shape index (κ2) is 5.15. The summed E-state index contributed by atoms with van der Waals surface area (Å²) < 4.78 is 0. The average molecular weight is 273 g/mol. The molecule has 0 saturated carbocycles. The number of benzene rings is 1. The van der Waals surface area contributed by atoms with Gasteiger partial charge in [-0.15, -0.1) is 11.3 Å². The zero-order valence-corrected chi connectivity index (χ0v) is 10.7. The number of halogens is 2. The average Bonchev–Trinajstić information content (AvgIpc) is 2.67. The second-order valence-electron chi connectivity index (χ2n) is 3.29. The number of thiazole rings is 1. The highest BCUT2D eigenvalue weighted by Gasteiger charge is 2.08. The van der Waals surface area contributed by atoms with Gasteiger partial charge in [-0.25, -0.2) is 4.98 Å². The second-order valence-corrected chi connectivity index (χ2v) is 5.25. The van der Waals surface area contributed by atoms with E-state index in [-0.39, 0.29) is 0 Å². The molecule has 5 heteroatoms. The molecule has 2 rings (SSSR count). The number of nitrogens with two attached hydrogens (primary N) is 1. The molecule has 0 atom stereocenters. The van der Waals surface area contributed by atoms with E-state index in [2.05, 4.69) is 4.98 Å². The molecule has 0 aliphatic heterocycles. The van der Waals surface area contributed by atoms with Gasteiger partial charge in [0, 0.05) is 21.7 Å². The Morgan fingerprint density at radius 3 is 2.81 bits per heavy atom. The van der Waals surface area contributed by atoms with Crippen LogP contribution < -0.4 is 5.73 Å². The number of hydrogen-bond acceptors (Lipinski definition) is 3. The molecule has 16 heavy (non-hydrogen) atoms. The molecule has 0 spiro atoms. The lowest BCUT2D eigenvalue weighted by molar-refractivity contribution is 0.984. The topological polar surface area (TPSA) is 38.9 Å². The van der Waals surface area contributed by atoms with Crippen LogP contribution in [0.4, 0.5) is 0 Å². The van der Waals surface area contributed by atoms with Gasteiger partial charge in [0.25, 0.3) is 0 Å². The van der Waals surface area contributed by atoms with Crippen LogP contribution in [0.1, 0.15) is 4.88 Å². The Labute approximate surface area is 108 Å². The van der Waals surface area contributed by atoms with Gasteiger partial charge in [0.2, 0.25) is 0 Å². The summed E-state index contributed by atoms with van der Waals surface area (Å²) in [5.74, 6) is 0. The van der Waals surface area contributed by atoms with Gasteiger partial charge < -0.3 is 5.73 Å². The summed E-state index contributed by atoms with van der Waals surface area (Å²) in [4.78, 5) is 5.50. The van der Waals surface area contributed by atoms with Gasteiger partial charge in [-0.3, -0.25) is 0 Å². The lowest BCUT2D eigenvalue weighted by atomic mass is 10.2. The summed E-state index contributed by atoms with van der Waals surface area (Å²) in [7, 11) is 0. The molecular formula is C11H10Cl2N2S. The van der Waals surface area contributed by atoms with E-state index in [9.17, 15) is 0 Å². The first-order valence-electron chi connectivity index (χ1n) is 4.81. The largest absolute Gasteiger partial charge is 0.330 e. The lowest BCUT2D eigenvalue weighted by Crippen LogP contribution is -2.00. The molecule has 0 saturated heterocycles. The number of rotatable bonds is 3. The highest BCUT2D eigenvalue weighted by Crippen LogP contribution is 2.32. The number of nitrogens with zero attached hydrogens (tertiary/aromatic N) is 1. The molecule has 0 radical (unpaired) electrons. The van der Waals surface area contributed by atoms with Crippen molar-refractivity contribution >= 4 is 34.5 Å². The summed E-state index contributed by atoms with van der Waals surface area (Å²) in [6, 6.07) is 5.42.